The molecule has 0 spiro atoms. The van der Waals surface area contributed by atoms with Crippen molar-refractivity contribution < 1.29 is 9.53 Å². The number of ether oxygens (including phenoxy) is 1. The molecule has 4 atom stereocenters. The van der Waals surface area contributed by atoms with Crippen LogP contribution in [0.1, 0.15) is 33.6 Å². The van der Waals surface area contributed by atoms with Crippen LogP contribution in [0, 0.1) is 23.2 Å². The highest BCUT2D eigenvalue weighted by atomic mass is 32.2. The van der Waals surface area contributed by atoms with Crippen molar-refractivity contribution in [3.63, 3.8) is 0 Å². The number of carbonyl (C=O) groups is 1. The third-order valence-corrected chi connectivity index (χ3v) is 7.05. The van der Waals surface area contributed by atoms with E-state index in [0.717, 1.165) is 16.7 Å². The van der Waals surface area contributed by atoms with Gasteiger partial charge in [0.1, 0.15) is 11.6 Å². The first-order chi connectivity index (χ1) is 9.48. The van der Waals surface area contributed by atoms with Crippen LogP contribution in [0.2, 0.25) is 0 Å². The average Bonchev–Trinajstić information content (AvgIpc) is 2.91. The van der Waals surface area contributed by atoms with Gasteiger partial charge in [0.2, 0.25) is 0 Å². The zero-order valence-corrected chi connectivity index (χ0v) is 13.7. The van der Waals surface area contributed by atoms with Crippen molar-refractivity contribution in [3.8, 4) is 0 Å². The number of carbonyl (C=O) groups excluding carboxylic acids is 1. The lowest BCUT2D eigenvalue weighted by molar-refractivity contribution is -0.183. The standard InChI is InChI=1S/C14H20N2O2S2/c1-8-10-4-9(14(10,2)3)5-11(8)18-12(17)6-19-13-16-15-7-20-13/h7-11H,4-6H2,1-3H3/t8-,9+,10+,11-/m0/s1. The lowest BCUT2D eigenvalue weighted by atomic mass is 9.45. The predicted molar refractivity (Wildman–Crippen MR) is 79.7 cm³/mol. The molecule has 0 radical (unpaired) electrons. The summed E-state index contributed by atoms with van der Waals surface area (Å²) in [6, 6.07) is 0. The van der Waals surface area contributed by atoms with Gasteiger partial charge in [-0.2, -0.15) is 0 Å². The van der Waals surface area contributed by atoms with Crippen LogP contribution >= 0.6 is 23.1 Å². The quantitative estimate of drug-likeness (QED) is 0.631. The Kier molecular flexibility index (Phi) is 3.79. The van der Waals surface area contributed by atoms with Crippen LogP contribution in [0.5, 0.6) is 0 Å². The monoisotopic (exact) mass is 312 g/mol. The number of fused-ring (bicyclic) bond motifs is 2. The molecule has 3 fully saturated rings. The van der Waals surface area contributed by atoms with Gasteiger partial charge < -0.3 is 4.74 Å². The average molecular weight is 312 g/mol. The van der Waals surface area contributed by atoms with E-state index in [0.29, 0.717) is 23.0 Å². The van der Waals surface area contributed by atoms with Gasteiger partial charge in [-0.3, -0.25) is 4.79 Å². The summed E-state index contributed by atoms with van der Waals surface area (Å²) in [5.74, 6) is 2.11. The third kappa shape index (κ3) is 2.48. The summed E-state index contributed by atoms with van der Waals surface area (Å²) < 4.78 is 6.51. The Morgan fingerprint density at radius 2 is 2.35 bits per heavy atom. The van der Waals surface area contributed by atoms with Gasteiger partial charge in [0, 0.05) is 0 Å². The molecule has 20 heavy (non-hydrogen) atoms. The van der Waals surface area contributed by atoms with E-state index in [2.05, 4.69) is 31.0 Å². The fourth-order valence-corrected chi connectivity index (χ4v) is 5.08. The highest BCUT2D eigenvalue weighted by Crippen LogP contribution is 2.61. The maximum atomic E-state index is 11.9. The highest BCUT2D eigenvalue weighted by Gasteiger charge is 2.57. The molecule has 110 valence electrons. The van der Waals surface area contributed by atoms with Gasteiger partial charge in [0.25, 0.3) is 0 Å². The van der Waals surface area contributed by atoms with Gasteiger partial charge >= 0.3 is 5.97 Å². The SMILES string of the molecule is C[C@@H]1[C@@H](OC(=O)CSc2nncs2)C[C@H]2C[C@H]1C2(C)C. The van der Waals surface area contributed by atoms with Crippen LogP contribution in [-0.4, -0.2) is 28.0 Å². The smallest absolute Gasteiger partial charge is 0.316 e. The van der Waals surface area contributed by atoms with Gasteiger partial charge in [-0.1, -0.05) is 43.9 Å². The summed E-state index contributed by atoms with van der Waals surface area (Å²) in [5, 5.41) is 7.67. The summed E-state index contributed by atoms with van der Waals surface area (Å²) in [6.07, 6.45) is 2.44. The van der Waals surface area contributed by atoms with E-state index >= 15 is 0 Å². The minimum atomic E-state index is -0.124. The van der Waals surface area contributed by atoms with Crippen LogP contribution in [0.4, 0.5) is 0 Å². The second-order valence-electron chi connectivity index (χ2n) is 6.48. The van der Waals surface area contributed by atoms with Gasteiger partial charge in [-0.05, 0) is 36.0 Å². The van der Waals surface area contributed by atoms with Crippen molar-refractivity contribution in [1.29, 1.82) is 0 Å². The predicted octanol–water partition coefficient (Wildman–Crippen LogP) is 3.24. The molecule has 3 aliphatic rings. The fourth-order valence-electron chi connectivity index (χ4n) is 3.81. The van der Waals surface area contributed by atoms with Crippen LogP contribution in [0.15, 0.2) is 9.85 Å². The molecule has 0 amide bonds. The summed E-state index contributed by atoms with van der Waals surface area (Å²) >= 11 is 2.86. The summed E-state index contributed by atoms with van der Waals surface area (Å²) in [7, 11) is 0. The van der Waals surface area contributed by atoms with E-state index < -0.39 is 0 Å². The van der Waals surface area contributed by atoms with Gasteiger partial charge in [-0.25, -0.2) is 0 Å². The molecule has 1 aromatic heterocycles. The van der Waals surface area contributed by atoms with Crippen molar-refractivity contribution >= 4 is 29.1 Å². The molecular formula is C14H20N2O2S2. The Balaban J connectivity index is 1.50. The molecule has 0 aliphatic heterocycles. The molecule has 1 aromatic rings. The van der Waals surface area contributed by atoms with Crippen molar-refractivity contribution in [1.82, 2.24) is 10.2 Å². The molecule has 0 saturated heterocycles. The minimum Gasteiger partial charge on any atom is -0.461 e. The Morgan fingerprint density at radius 1 is 1.55 bits per heavy atom. The molecule has 3 saturated carbocycles. The lowest BCUT2D eigenvalue weighted by Gasteiger charge is -2.61. The van der Waals surface area contributed by atoms with Crippen molar-refractivity contribution in [2.24, 2.45) is 23.2 Å². The lowest BCUT2D eigenvalue weighted by Crippen LogP contribution is -2.57. The number of hydrogen-bond donors (Lipinski definition) is 0. The molecule has 0 N–H and O–H groups in total. The number of rotatable bonds is 4. The third-order valence-electron chi connectivity index (χ3n) is 5.22. The first kappa shape index (κ1) is 14.3. The molecule has 6 heteroatoms. The summed E-state index contributed by atoms with van der Waals surface area (Å²) in [5.41, 5.74) is 2.11. The summed E-state index contributed by atoms with van der Waals surface area (Å²) in [6.45, 7) is 6.94. The Hall–Kier alpha value is -0.620. The van der Waals surface area contributed by atoms with Crippen LogP contribution in [-0.2, 0) is 9.53 Å². The second kappa shape index (κ2) is 5.30. The van der Waals surface area contributed by atoms with E-state index in [1.807, 2.05) is 0 Å². The number of esters is 1. The molecule has 4 rings (SSSR count). The number of thioether (sulfide) groups is 1. The zero-order chi connectivity index (χ0) is 14.3. The first-order valence-corrected chi connectivity index (χ1v) is 8.93. The number of hydrogen-bond acceptors (Lipinski definition) is 6. The molecule has 3 aliphatic carbocycles. The van der Waals surface area contributed by atoms with E-state index in [1.54, 1.807) is 5.51 Å². The highest BCUT2D eigenvalue weighted by molar-refractivity contribution is 8.01. The fraction of sp³-hybridized carbons (Fsp3) is 0.786. The van der Waals surface area contributed by atoms with Crippen LogP contribution in [0.25, 0.3) is 0 Å². The molecule has 4 nitrogen and oxygen atoms in total. The molecule has 0 unspecified atom stereocenters. The second-order valence-corrected chi connectivity index (χ2v) is 8.53. The van der Waals surface area contributed by atoms with E-state index in [1.165, 1.54) is 29.5 Å². The maximum absolute atomic E-state index is 11.9. The summed E-state index contributed by atoms with van der Waals surface area (Å²) in [4.78, 5) is 11.9. The zero-order valence-electron chi connectivity index (χ0n) is 12.0. The maximum Gasteiger partial charge on any atom is 0.316 e. The number of aromatic nitrogens is 2. The van der Waals surface area contributed by atoms with Crippen LogP contribution in [0.3, 0.4) is 0 Å². The first-order valence-electron chi connectivity index (χ1n) is 7.07. The van der Waals surface area contributed by atoms with Gasteiger partial charge in [-0.15, -0.1) is 10.2 Å². The van der Waals surface area contributed by atoms with Gasteiger partial charge in [0.15, 0.2) is 4.34 Å². The molecule has 1 heterocycles. The minimum absolute atomic E-state index is 0.106. The van der Waals surface area contributed by atoms with Crippen molar-refractivity contribution in [3.05, 3.63) is 5.51 Å². The van der Waals surface area contributed by atoms with E-state index in [4.69, 9.17) is 4.74 Å². The topological polar surface area (TPSA) is 52.1 Å². The van der Waals surface area contributed by atoms with Gasteiger partial charge in [0.05, 0.1) is 5.75 Å². The number of nitrogens with zero attached hydrogens (tertiary/aromatic N) is 2. The van der Waals surface area contributed by atoms with E-state index in [9.17, 15) is 4.79 Å². The Morgan fingerprint density at radius 3 is 2.95 bits per heavy atom. The largest absolute Gasteiger partial charge is 0.461 e. The van der Waals surface area contributed by atoms with Crippen molar-refractivity contribution in [2.75, 3.05) is 5.75 Å². The Bertz CT molecular complexity index is 489. The molecular weight excluding hydrogens is 292 g/mol. The Labute approximate surface area is 127 Å². The normalized spacial score (nSPS) is 34.4. The molecule has 2 bridgehead atoms. The van der Waals surface area contributed by atoms with E-state index in [-0.39, 0.29) is 12.1 Å². The molecule has 0 aromatic carbocycles. The van der Waals surface area contributed by atoms with Crippen LogP contribution < -0.4 is 0 Å². The van der Waals surface area contributed by atoms with Crippen molar-refractivity contribution in [2.45, 2.75) is 44.1 Å².